The van der Waals surface area contributed by atoms with Crippen molar-refractivity contribution >= 4 is 50.7 Å². The van der Waals surface area contributed by atoms with E-state index in [1.165, 1.54) is 11.0 Å². The molecule has 0 bridgehead atoms. The van der Waals surface area contributed by atoms with Gasteiger partial charge < -0.3 is 10.0 Å². The highest BCUT2D eigenvalue weighted by atomic mass is 35.5. The van der Waals surface area contributed by atoms with Crippen LogP contribution in [-0.4, -0.2) is 22.0 Å². The third-order valence-electron chi connectivity index (χ3n) is 3.79. The monoisotopic (exact) mass is 410 g/mol. The van der Waals surface area contributed by atoms with Gasteiger partial charge in [-0.15, -0.1) is 11.3 Å². The minimum absolute atomic E-state index is 0.0391. The second-order valence-electron chi connectivity index (χ2n) is 5.64. The summed E-state index contributed by atoms with van der Waals surface area (Å²) in [6, 6.07) is 9.04. The summed E-state index contributed by atoms with van der Waals surface area (Å²) in [5.41, 5.74) is 0.285. The number of carbonyl (C=O) groups excluding carboxylic acids is 1. The van der Waals surface area contributed by atoms with Crippen LogP contribution in [0.1, 0.15) is 17.8 Å². The number of thiazole rings is 1. The Bertz CT molecular complexity index is 1030. The average Bonchev–Trinajstić information content (AvgIpc) is 3.05. The quantitative estimate of drug-likeness (QED) is 0.643. The van der Waals surface area contributed by atoms with E-state index in [1.807, 2.05) is 0 Å². The number of hydrogen-bond acceptors (Lipinski definition) is 4. The van der Waals surface area contributed by atoms with Crippen LogP contribution >= 0.6 is 22.9 Å². The van der Waals surface area contributed by atoms with Gasteiger partial charge in [0, 0.05) is 6.42 Å². The number of carboxylic acid groups (broad SMARTS) is 1. The molecule has 0 saturated carbocycles. The number of rotatable bonds is 6. The molecule has 1 heterocycles. The third kappa shape index (κ3) is 4.23. The van der Waals surface area contributed by atoms with Crippen molar-refractivity contribution in [3.8, 4) is 0 Å². The van der Waals surface area contributed by atoms with Gasteiger partial charge in [0.05, 0.1) is 28.4 Å². The highest BCUT2D eigenvalue weighted by Crippen LogP contribution is 2.31. The van der Waals surface area contributed by atoms with E-state index in [2.05, 4.69) is 4.98 Å². The lowest BCUT2D eigenvalue weighted by molar-refractivity contribution is -0.138. The number of benzene rings is 2. The van der Waals surface area contributed by atoms with Crippen molar-refractivity contribution in [3.05, 3.63) is 58.1 Å². The first-order valence-corrected chi connectivity index (χ1v) is 9.06. The number of carboxylic acids is 1. The summed E-state index contributed by atoms with van der Waals surface area (Å²) in [4.78, 5) is 28.8. The first kappa shape index (κ1) is 19.2. The molecule has 0 atom stereocenters. The Labute approximate surface area is 161 Å². The second kappa shape index (κ2) is 7.98. The van der Waals surface area contributed by atoms with Crippen LogP contribution in [-0.2, 0) is 16.1 Å². The lowest BCUT2D eigenvalue weighted by Gasteiger charge is -2.22. The largest absolute Gasteiger partial charge is 0.481 e. The molecule has 27 heavy (non-hydrogen) atoms. The molecule has 1 N–H and O–H groups in total. The number of hydrogen-bond donors (Lipinski definition) is 1. The van der Waals surface area contributed by atoms with Gasteiger partial charge in [-0.05, 0) is 24.3 Å². The number of halogens is 3. The van der Waals surface area contributed by atoms with Crippen molar-refractivity contribution in [1.29, 1.82) is 0 Å². The smallest absolute Gasteiger partial charge is 0.303 e. The molecule has 9 heteroatoms. The minimum atomic E-state index is -1.10. The molecular weight excluding hydrogens is 398 g/mol. The van der Waals surface area contributed by atoms with Gasteiger partial charge in [0.25, 0.3) is 0 Å². The van der Waals surface area contributed by atoms with E-state index in [1.54, 1.807) is 24.3 Å². The molecule has 1 aromatic heterocycles. The van der Waals surface area contributed by atoms with E-state index in [-0.39, 0.29) is 24.9 Å². The molecule has 3 aromatic rings. The van der Waals surface area contributed by atoms with Crippen LogP contribution in [0.15, 0.2) is 36.4 Å². The van der Waals surface area contributed by atoms with E-state index in [0.29, 0.717) is 20.4 Å². The van der Waals surface area contributed by atoms with Crippen LogP contribution < -0.4 is 4.90 Å². The first-order chi connectivity index (χ1) is 12.9. The molecule has 5 nitrogen and oxygen atoms in total. The maximum Gasteiger partial charge on any atom is 0.303 e. The summed E-state index contributed by atoms with van der Waals surface area (Å²) in [6.45, 7) is -0.0391. The van der Waals surface area contributed by atoms with Gasteiger partial charge in [-0.2, -0.15) is 0 Å². The summed E-state index contributed by atoms with van der Waals surface area (Å²) in [5.74, 6) is -3.60. The Morgan fingerprint density at radius 3 is 2.59 bits per heavy atom. The van der Waals surface area contributed by atoms with Gasteiger partial charge in [0.1, 0.15) is 10.5 Å². The summed E-state index contributed by atoms with van der Waals surface area (Å²) in [5, 5.41) is 9.50. The molecule has 0 radical (unpaired) electrons. The molecule has 0 unspecified atom stereocenters. The lowest BCUT2D eigenvalue weighted by atomic mass is 10.2. The fraction of sp³-hybridized carbons (Fsp3) is 0.167. The van der Waals surface area contributed by atoms with Crippen molar-refractivity contribution in [3.63, 3.8) is 0 Å². The lowest BCUT2D eigenvalue weighted by Crippen LogP contribution is -2.30. The predicted molar refractivity (Wildman–Crippen MR) is 99.0 cm³/mol. The summed E-state index contributed by atoms with van der Waals surface area (Å²) in [7, 11) is 0. The highest BCUT2D eigenvalue weighted by molar-refractivity contribution is 7.18. The molecule has 0 aliphatic heterocycles. The Hall–Kier alpha value is -2.58. The molecular formula is C18H13ClF2N2O3S. The summed E-state index contributed by atoms with van der Waals surface area (Å²) in [6.07, 6.45) is -0.562. The van der Waals surface area contributed by atoms with Crippen molar-refractivity contribution in [1.82, 2.24) is 4.98 Å². The van der Waals surface area contributed by atoms with Gasteiger partial charge in [0.2, 0.25) is 5.91 Å². The number of aliphatic carboxylic acids is 1. The van der Waals surface area contributed by atoms with Crippen LogP contribution in [0, 0.1) is 11.6 Å². The highest BCUT2D eigenvalue weighted by Gasteiger charge is 2.22. The molecule has 0 saturated heterocycles. The van der Waals surface area contributed by atoms with Gasteiger partial charge >= 0.3 is 5.97 Å². The standard InChI is InChI=1S/C18H13ClF2N2O3S/c19-10-3-1-2-4-12(10)23(15(24)7-8-16(25)26)9-14-22-18-13(27-14)6-5-11(20)17(18)21/h1-6H,7-9H2,(H,25,26). The molecule has 3 rings (SSSR count). The maximum absolute atomic E-state index is 13.9. The molecule has 0 aliphatic carbocycles. The first-order valence-electron chi connectivity index (χ1n) is 7.87. The Morgan fingerprint density at radius 1 is 1.15 bits per heavy atom. The van der Waals surface area contributed by atoms with Crippen LogP contribution in [0.25, 0.3) is 10.2 Å². The topological polar surface area (TPSA) is 70.5 Å². The minimum Gasteiger partial charge on any atom is -0.481 e. The average molecular weight is 411 g/mol. The fourth-order valence-electron chi connectivity index (χ4n) is 2.51. The van der Waals surface area contributed by atoms with Gasteiger partial charge in [0.15, 0.2) is 11.6 Å². The Kier molecular flexibility index (Phi) is 5.67. The van der Waals surface area contributed by atoms with E-state index in [9.17, 15) is 18.4 Å². The van der Waals surface area contributed by atoms with Gasteiger partial charge in [-0.25, -0.2) is 13.8 Å². The molecule has 0 aliphatic rings. The molecule has 140 valence electrons. The van der Waals surface area contributed by atoms with Gasteiger partial charge in [-0.3, -0.25) is 9.59 Å². The van der Waals surface area contributed by atoms with Crippen LogP contribution in [0.3, 0.4) is 0 Å². The molecule has 1 amide bonds. The van der Waals surface area contributed by atoms with Gasteiger partial charge in [-0.1, -0.05) is 23.7 Å². The van der Waals surface area contributed by atoms with Crippen molar-refractivity contribution in [2.75, 3.05) is 4.90 Å². The zero-order valence-electron chi connectivity index (χ0n) is 13.8. The van der Waals surface area contributed by atoms with E-state index >= 15 is 0 Å². The molecule has 0 spiro atoms. The molecule has 0 fully saturated rings. The van der Waals surface area contributed by atoms with Crippen molar-refractivity contribution in [2.24, 2.45) is 0 Å². The molecule has 2 aromatic carbocycles. The van der Waals surface area contributed by atoms with Crippen molar-refractivity contribution < 1.29 is 23.5 Å². The zero-order valence-corrected chi connectivity index (χ0v) is 15.4. The van der Waals surface area contributed by atoms with Crippen molar-refractivity contribution in [2.45, 2.75) is 19.4 Å². The van der Waals surface area contributed by atoms with Crippen LogP contribution in [0.2, 0.25) is 5.02 Å². The maximum atomic E-state index is 13.9. The number of para-hydroxylation sites is 1. The van der Waals surface area contributed by atoms with E-state index < -0.39 is 23.5 Å². The number of nitrogens with zero attached hydrogens (tertiary/aromatic N) is 2. The van der Waals surface area contributed by atoms with Crippen LogP contribution in [0.4, 0.5) is 14.5 Å². The fourth-order valence-corrected chi connectivity index (χ4v) is 3.70. The number of aromatic nitrogens is 1. The third-order valence-corrected chi connectivity index (χ3v) is 5.11. The normalized spacial score (nSPS) is 10.9. The second-order valence-corrected chi connectivity index (χ2v) is 7.16. The number of carbonyl (C=O) groups is 2. The Morgan fingerprint density at radius 2 is 1.89 bits per heavy atom. The Balaban J connectivity index is 1.96. The number of fused-ring (bicyclic) bond motifs is 1. The van der Waals surface area contributed by atoms with Crippen LogP contribution in [0.5, 0.6) is 0 Å². The van der Waals surface area contributed by atoms with E-state index in [0.717, 1.165) is 17.4 Å². The summed E-state index contributed by atoms with van der Waals surface area (Å²) < 4.78 is 27.7. The number of anilines is 1. The predicted octanol–water partition coefficient (Wildman–Crippen LogP) is 4.63. The summed E-state index contributed by atoms with van der Waals surface area (Å²) >= 11 is 7.30. The van der Waals surface area contributed by atoms with E-state index in [4.69, 9.17) is 16.7 Å². The number of amides is 1. The zero-order chi connectivity index (χ0) is 19.6. The SMILES string of the molecule is O=C(O)CCC(=O)N(Cc1nc2c(F)c(F)ccc2s1)c1ccccc1Cl.